The van der Waals surface area contributed by atoms with Gasteiger partial charge in [0.1, 0.15) is 0 Å². The molecule has 0 radical (unpaired) electrons. The molecule has 0 aliphatic heterocycles. The third kappa shape index (κ3) is 4.85. The maximum atomic E-state index is 12.3. The minimum absolute atomic E-state index is 0.00598. The lowest BCUT2D eigenvalue weighted by Gasteiger charge is -2.19. The summed E-state index contributed by atoms with van der Waals surface area (Å²) < 4.78 is 2.02. The lowest BCUT2D eigenvalue weighted by molar-refractivity contribution is -0.120. The second kappa shape index (κ2) is 8.84. The van der Waals surface area contributed by atoms with E-state index in [9.17, 15) is 9.59 Å². The first-order valence-electron chi connectivity index (χ1n) is 8.60. The highest BCUT2D eigenvalue weighted by Gasteiger charge is 2.27. The Labute approximate surface area is 157 Å². The van der Waals surface area contributed by atoms with Gasteiger partial charge < -0.3 is 10.3 Å². The molecule has 2 rings (SSSR count). The fourth-order valence-corrected chi connectivity index (χ4v) is 3.66. The monoisotopic (exact) mass is 375 g/mol. The molecule has 2 aromatic rings. The van der Waals surface area contributed by atoms with Crippen LogP contribution in [-0.2, 0) is 11.3 Å². The van der Waals surface area contributed by atoms with E-state index in [0.717, 1.165) is 29.9 Å². The molecule has 0 aliphatic rings. The molecule has 0 fully saturated rings. The van der Waals surface area contributed by atoms with E-state index < -0.39 is 17.2 Å². The Morgan fingerprint density at radius 3 is 2.62 bits per heavy atom. The largest absolute Gasteiger partial charge is 0.351 e. The quantitative estimate of drug-likeness (QED) is 0.724. The van der Waals surface area contributed by atoms with Crippen LogP contribution in [0.2, 0.25) is 0 Å². The van der Waals surface area contributed by atoms with Gasteiger partial charge in [-0.1, -0.05) is 56.3 Å². The van der Waals surface area contributed by atoms with Gasteiger partial charge in [-0.25, -0.2) is 4.79 Å². The van der Waals surface area contributed by atoms with Crippen LogP contribution in [0.5, 0.6) is 0 Å². The second-order valence-electron chi connectivity index (χ2n) is 6.46. The van der Waals surface area contributed by atoms with Gasteiger partial charge in [0.2, 0.25) is 5.91 Å². The maximum Gasteiger partial charge on any atom is 0.318 e. The van der Waals surface area contributed by atoms with Crippen molar-refractivity contribution in [2.45, 2.75) is 51.1 Å². The highest BCUT2D eigenvalue weighted by atomic mass is 32.2. The molecule has 8 heteroatoms. The third-order valence-electron chi connectivity index (χ3n) is 3.78. The average molecular weight is 375 g/mol. The SMILES string of the molecule is CCCn1c(SC(C(=O)NC(N)=O)C(C)C)nnc1-c1cccc(C)c1. The number of carbonyl (C=O) groups is 2. The number of nitrogens with two attached hydrogens (primary N) is 1. The van der Waals surface area contributed by atoms with Crippen LogP contribution in [0.1, 0.15) is 32.8 Å². The second-order valence-corrected chi connectivity index (χ2v) is 7.57. The van der Waals surface area contributed by atoms with Crippen molar-refractivity contribution in [3.05, 3.63) is 29.8 Å². The zero-order valence-electron chi connectivity index (χ0n) is 15.5. The zero-order valence-corrected chi connectivity index (χ0v) is 16.3. The van der Waals surface area contributed by atoms with Gasteiger partial charge in [0, 0.05) is 12.1 Å². The number of thioether (sulfide) groups is 1. The lowest BCUT2D eigenvalue weighted by atomic mass is 10.1. The Kier molecular flexibility index (Phi) is 6.79. The summed E-state index contributed by atoms with van der Waals surface area (Å²) in [5.41, 5.74) is 7.21. The number of benzene rings is 1. The molecule has 1 aromatic heterocycles. The molecule has 1 aromatic carbocycles. The Morgan fingerprint density at radius 2 is 2.04 bits per heavy atom. The van der Waals surface area contributed by atoms with E-state index in [2.05, 4.69) is 28.5 Å². The van der Waals surface area contributed by atoms with Crippen molar-refractivity contribution in [1.29, 1.82) is 0 Å². The number of imide groups is 1. The number of nitrogens with zero attached hydrogens (tertiary/aromatic N) is 3. The van der Waals surface area contributed by atoms with Gasteiger partial charge in [0.05, 0.1) is 5.25 Å². The van der Waals surface area contributed by atoms with Crippen molar-refractivity contribution in [3.63, 3.8) is 0 Å². The number of carbonyl (C=O) groups excluding carboxylic acids is 2. The van der Waals surface area contributed by atoms with Gasteiger partial charge in [0.25, 0.3) is 0 Å². The summed E-state index contributed by atoms with van der Waals surface area (Å²) in [6.45, 7) is 8.68. The Hall–Kier alpha value is -2.35. The van der Waals surface area contributed by atoms with Crippen LogP contribution in [0, 0.1) is 12.8 Å². The van der Waals surface area contributed by atoms with Crippen molar-refractivity contribution in [2.24, 2.45) is 11.7 Å². The van der Waals surface area contributed by atoms with Crippen LogP contribution in [-0.4, -0.2) is 32.0 Å². The van der Waals surface area contributed by atoms with E-state index in [0.29, 0.717) is 5.16 Å². The van der Waals surface area contributed by atoms with Crippen molar-refractivity contribution in [2.75, 3.05) is 0 Å². The standard InChI is InChI=1S/C18H25N5O2S/c1-5-9-23-15(13-8-6-7-12(4)10-13)21-22-18(23)26-14(11(2)3)16(24)20-17(19)25/h6-8,10-11,14H,5,9H2,1-4H3,(H3,19,20,24,25). The van der Waals surface area contributed by atoms with Gasteiger partial charge in [-0.2, -0.15) is 0 Å². The molecule has 0 spiro atoms. The number of hydrogen-bond donors (Lipinski definition) is 2. The first-order valence-corrected chi connectivity index (χ1v) is 9.48. The number of aromatic nitrogens is 3. The van der Waals surface area contributed by atoms with E-state index in [1.807, 2.05) is 43.5 Å². The number of urea groups is 1. The Balaban J connectivity index is 2.36. The molecule has 1 atom stereocenters. The Bertz CT molecular complexity index is 788. The molecule has 1 unspecified atom stereocenters. The van der Waals surface area contributed by atoms with Gasteiger partial charge >= 0.3 is 6.03 Å². The molecule has 140 valence electrons. The highest BCUT2D eigenvalue weighted by molar-refractivity contribution is 8.00. The van der Waals surface area contributed by atoms with Crippen molar-refractivity contribution in [1.82, 2.24) is 20.1 Å². The lowest BCUT2D eigenvalue weighted by Crippen LogP contribution is -2.42. The minimum atomic E-state index is -0.850. The molecule has 0 aliphatic carbocycles. The fourth-order valence-electron chi connectivity index (χ4n) is 2.60. The smallest absolute Gasteiger partial charge is 0.318 e. The van der Waals surface area contributed by atoms with E-state index in [1.54, 1.807) is 0 Å². The number of primary amides is 1. The highest BCUT2D eigenvalue weighted by Crippen LogP contribution is 2.30. The molecular formula is C18H25N5O2S. The summed E-state index contributed by atoms with van der Waals surface area (Å²) >= 11 is 1.30. The number of hydrogen-bond acceptors (Lipinski definition) is 5. The molecular weight excluding hydrogens is 350 g/mol. The first kappa shape index (κ1) is 20.0. The summed E-state index contributed by atoms with van der Waals surface area (Å²) in [5.74, 6) is 0.352. The molecule has 26 heavy (non-hydrogen) atoms. The van der Waals surface area contributed by atoms with Crippen LogP contribution in [0.25, 0.3) is 11.4 Å². The number of amides is 3. The topological polar surface area (TPSA) is 103 Å². The van der Waals surface area contributed by atoms with Crippen LogP contribution >= 0.6 is 11.8 Å². The molecule has 0 saturated carbocycles. The molecule has 0 saturated heterocycles. The average Bonchev–Trinajstić information content (AvgIpc) is 2.94. The summed E-state index contributed by atoms with van der Waals surface area (Å²) in [6, 6.07) is 7.22. The summed E-state index contributed by atoms with van der Waals surface area (Å²) in [4.78, 5) is 23.3. The van der Waals surface area contributed by atoms with E-state index in [4.69, 9.17) is 5.73 Å². The zero-order chi connectivity index (χ0) is 19.3. The van der Waals surface area contributed by atoms with Crippen LogP contribution < -0.4 is 11.1 Å². The maximum absolute atomic E-state index is 12.3. The fraction of sp³-hybridized carbons (Fsp3) is 0.444. The van der Waals surface area contributed by atoms with E-state index >= 15 is 0 Å². The van der Waals surface area contributed by atoms with Crippen LogP contribution in [0.4, 0.5) is 4.79 Å². The van der Waals surface area contributed by atoms with E-state index in [1.165, 1.54) is 11.8 Å². The Morgan fingerprint density at radius 1 is 1.31 bits per heavy atom. The van der Waals surface area contributed by atoms with Crippen molar-refractivity contribution < 1.29 is 9.59 Å². The molecule has 0 bridgehead atoms. The summed E-state index contributed by atoms with van der Waals surface area (Å²) in [6.07, 6.45) is 0.907. The predicted octanol–water partition coefficient (Wildman–Crippen LogP) is 2.98. The van der Waals surface area contributed by atoms with Gasteiger partial charge in [-0.3, -0.25) is 10.1 Å². The number of rotatable bonds is 7. The molecule has 3 N–H and O–H groups in total. The summed E-state index contributed by atoms with van der Waals surface area (Å²) in [7, 11) is 0. The van der Waals surface area contributed by atoms with Crippen LogP contribution in [0.15, 0.2) is 29.4 Å². The minimum Gasteiger partial charge on any atom is -0.351 e. The molecule has 1 heterocycles. The molecule has 7 nitrogen and oxygen atoms in total. The van der Waals surface area contributed by atoms with Gasteiger partial charge in [0.15, 0.2) is 11.0 Å². The summed E-state index contributed by atoms with van der Waals surface area (Å²) in [5, 5.41) is 11.0. The van der Waals surface area contributed by atoms with Crippen LogP contribution in [0.3, 0.4) is 0 Å². The third-order valence-corrected chi connectivity index (χ3v) is 5.31. The number of nitrogens with one attached hydrogen (secondary N) is 1. The molecule has 3 amide bonds. The van der Waals surface area contributed by atoms with Crippen molar-refractivity contribution in [3.8, 4) is 11.4 Å². The first-order chi connectivity index (χ1) is 12.3. The number of aryl methyl sites for hydroxylation is 1. The van der Waals surface area contributed by atoms with Gasteiger partial charge in [-0.15, -0.1) is 10.2 Å². The van der Waals surface area contributed by atoms with Crippen molar-refractivity contribution >= 4 is 23.7 Å². The van der Waals surface area contributed by atoms with Gasteiger partial charge in [-0.05, 0) is 25.3 Å². The predicted molar refractivity (Wildman–Crippen MR) is 103 cm³/mol. The normalized spacial score (nSPS) is 12.2. The van der Waals surface area contributed by atoms with E-state index in [-0.39, 0.29) is 5.92 Å².